The maximum Gasteiger partial charge on any atom is 0.257 e. The lowest BCUT2D eigenvalue weighted by molar-refractivity contribution is 0.0977. The van der Waals surface area contributed by atoms with Crippen LogP contribution in [0, 0.1) is 0 Å². The van der Waals surface area contributed by atoms with Crippen LogP contribution in [0.1, 0.15) is 30.6 Å². The van der Waals surface area contributed by atoms with Crippen molar-refractivity contribution < 1.29 is 9.53 Å². The van der Waals surface area contributed by atoms with Gasteiger partial charge in [-0.1, -0.05) is 22.9 Å². The number of rotatable bonds is 5. The molecule has 0 heterocycles. The van der Waals surface area contributed by atoms with Gasteiger partial charge < -0.3 is 10.1 Å². The molecule has 0 aliphatic heterocycles. The van der Waals surface area contributed by atoms with Crippen molar-refractivity contribution in [1.29, 1.82) is 0 Å². The minimum Gasteiger partial charge on any atom is -0.491 e. The molecule has 0 aliphatic rings. The summed E-state index contributed by atoms with van der Waals surface area (Å²) in [7, 11) is 0. The number of carbonyl (C=O) groups excluding carboxylic acids is 1. The molecule has 4 nitrogen and oxygen atoms in total. The smallest absolute Gasteiger partial charge is 0.257 e. The summed E-state index contributed by atoms with van der Waals surface area (Å²) in [4.78, 5) is 12.1. The van der Waals surface area contributed by atoms with Gasteiger partial charge in [-0.15, -0.1) is 0 Å². The molecule has 0 aliphatic carbocycles. The number of halogens is 1. The van der Waals surface area contributed by atoms with Gasteiger partial charge in [0, 0.05) is 15.7 Å². The Hall–Kier alpha value is -1.92. The van der Waals surface area contributed by atoms with Crippen molar-refractivity contribution in [3.63, 3.8) is 0 Å². The van der Waals surface area contributed by atoms with Crippen molar-refractivity contribution in [2.24, 2.45) is 0 Å². The Morgan fingerprint density at radius 2 is 1.79 bits per heavy atom. The first-order valence-electron chi connectivity index (χ1n) is 7.62. The molecule has 0 radical (unpaired) electrons. The summed E-state index contributed by atoms with van der Waals surface area (Å²) in [6, 6.07) is 14.5. The number of hydrogen-bond acceptors (Lipinski definition) is 3. The van der Waals surface area contributed by atoms with Crippen LogP contribution in [0.25, 0.3) is 0 Å². The largest absolute Gasteiger partial charge is 0.491 e. The Bertz CT molecular complexity index is 702. The molecule has 0 aromatic heterocycles. The van der Waals surface area contributed by atoms with E-state index in [4.69, 9.17) is 17.0 Å². The van der Waals surface area contributed by atoms with Gasteiger partial charge >= 0.3 is 0 Å². The molecule has 0 saturated carbocycles. The minimum atomic E-state index is -0.253. The number of anilines is 1. The van der Waals surface area contributed by atoms with Gasteiger partial charge in [-0.3, -0.25) is 10.1 Å². The fraction of sp³-hybridized carbons (Fsp3) is 0.222. The third-order valence-electron chi connectivity index (χ3n) is 3.36. The highest BCUT2D eigenvalue weighted by Gasteiger charge is 2.08. The van der Waals surface area contributed by atoms with Gasteiger partial charge in [-0.2, -0.15) is 0 Å². The lowest BCUT2D eigenvalue weighted by Crippen LogP contribution is -2.34. The summed E-state index contributed by atoms with van der Waals surface area (Å²) in [6.07, 6.45) is 1.13. The van der Waals surface area contributed by atoms with E-state index >= 15 is 0 Å². The summed E-state index contributed by atoms with van der Waals surface area (Å²) in [5.41, 5.74) is 1.33. The van der Waals surface area contributed by atoms with E-state index < -0.39 is 0 Å². The van der Waals surface area contributed by atoms with Crippen molar-refractivity contribution in [3.8, 4) is 5.75 Å². The predicted molar refractivity (Wildman–Crippen MR) is 105 cm³/mol. The van der Waals surface area contributed by atoms with Crippen LogP contribution in [0.15, 0.2) is 53.0 Å². The number of thiocarbonyl (C=S) groups is 1. The van der Waals surface area contributed by atoms with Gasteiger partial charge in [-0.05, 0) is 74.1 Å². The first-order valence-corrected chi connectivity index (χ1v) is 8.82. The SMILES string of the molecule is CCC(C)Oc1ccc(NC(=S)NC(=O)c2ccc(Br)cc2)cc1. The average molecular weight is 407 g/mol. The quantitative estimate of drug-likeness (QED) is 0.703. The number of benzene rings is 2. The van der Waals surface area contributed by atoms with Crippen molar-refractivity contribution in [2.75, 3.05) is 5.32 Å². The molecule has 126 valence electrons. The second-order valence-corrected chi connectivity index (χ2v) is 6.60. The van der Waals surface area contributed by atoms with Crippen LogP contribution in [0.4, 0.5) is 5.69 Å². The Kier molecular flexibility index (Phi) is 6.75. The molecule has 1 amide bonds. The predicted octanol–water partition coefficient (Wildman–Crippen LogP) is 4.75. The zero-order chi connectivity index (χ0) is 17.5. The van der Waals surface area contributed by atoms with E-state index in [0.29, 0.717) is 5.56 Å². The molecule has 0 spiro atoms. The molecule has 6 heteroatoms. The topological polar surface area (TPSA) is 50.4 Å². The highest BCUT2D eigenvalue weighted by atomic mass is 79.9. The van der Waals surface area contributed by atoms with Crippen LogP contribution < -0.4 is 15.4 Å². The maximum atomic E-state index is 12.1. The standard InChI is InChI=1S/C18H19BrN2O2S/c1-3-12(2)23-16-10-8-15(9-11-16)20-18(24)21-17(22)13-4-6-14(19)7-5-13/h4-12H,3H2,1-2H3,(H2,20,21,22,24). The van der Waals surface area contributed by atoms with Crippen LogP contribution in [-0.4, -0.2) is 17.1 Å². The highest BCUT2D eigenvalue weighted by molar-refractivity contribution is 9.10. The van der Waals surface area contributed by atoms with Gasteiger partial charge in [-0.25, -0.2) is 0 Å². The lowest BCUT2D eigenvalue weighted by Gasteiger charge is -2.13. The Morgan fingerprint density at radius 1 is 1.17 bits per heavy atom. The molecule has 2 aromatic carbocycles. The van der Waals surface area contributed by atoms with Gasteiger partial charge in [0.25, 0.3) is 5.91 Å². The van der Waals surface area contributed by atoms with Crippen LogP contribution in [0.2, 0.25) is 0 Å². The van der Waals surface area contributed by atoms with Gasteiger partial charge in [0.05, 0.1) is 6.10 Å². The number of amides is 1. The molecule has 2 N–H and O–H groups in total. The molecular weight excluding hydrogens is 388 g/mol. The lowest BCUT2D eigenvalue weighted by atomic mass is 10.2. The number of nitrogens with one attached hydrogen (secondary N) is 2. The summed E-state index contributed by atoms with van der Waals surface area (Å²) in [6.45, 7) is 4.10. The summed E-state index contributed by atoms with van der Waals surface area (Å²) >= 11 is 8.51. The molecule has 0 fully saturated rings. The number of hydrogen-bond donors (Lipinski definition) is 2. The summed E-state index contributed by atoms with van der Waals surface area (Å²) in [5.74, 6) is 0.552. The third-order valence-corrected chi connectivity index (χ3v) is 4.09. The fourth-order valence-corrected chi connectivity index (χ4v) is 2.35. The van der Waals surface area contributed by atoms with Crippen LogP contribution in [0.3, 0.4) is 0 Å². The van der Waals surface area contributed by atoms with Crippen LogP contribution in [-0.2, 0) is 0 Å². The average Bonchev–Trinajstić information content (AvgIpc) is 2.57. The van der Waals surface area contributed by atoms with E-state index in [-0.39, 0.29) is 17.1 Å². The van der Waals surface area contributed by atoms with E-state index in [9.17, 15) is 4.79 Å². The van der Waals surface area contributed by atoms with E-state index in [0.717, 1.165) is 22.3 Å². The Morgan fingerprint density at radius 3 is 2.38 bits per heavy atom. The molecular formula is C18H19BrN2O2S. The van der Waals surface area contributed by atoms with E-state index in [1.54, 1.807) is 24.3 Å². The summed E-state index contributed by atoms with van der Waals surface area (Å²) in [5, 5.41) is 5.89. The maximum absolute atomic E-state index is 12.1. The molecule has 24 heavy (non-hydrogen) atoms. The number of ether oxygens (including phenoxy) is 1. The first-order chi connectivity index (χ1) is 11.5. The van der Waals surface area contributed by atoms with Crippen molar-refractivity contribution in [1.82, 2.24) is 5.32 Å². The van der Waals surface area contributed by atoms with Gasteiger partial charge in [0.2, 0.25) is 0 Å². The number of carbonyl (C=O) groups is 1. The van der Waals surface area contributed by atoms with Crippen LogP contribution >= 0.6 is 28.1 Å². The van der Waals surface area contributed by atoms with Gasteiger partial charge in [0.1, 0.15) is 5.75 Å². The minimum absolute atomic E-state index is 0.176. The van der Waals surface area contributed by atoms with Crippen molar-refractivity contribution in [3.05, 3.63) is 58.6 Å². The molecule has 1 unspecified atom stereocenters. The zero-order valence-corrected chi connectivity index (χ0v) is 15.9. The van der Waals surface area contributed by atoms with Crippen molar-refractivity contribution >= 4 is 44.9 Å². The Labute approximate surface area is 155 Å². The van der Waals surface area contributed by atoms with E-state index in [1.807, 2.05) is 31.2 Å². The molecule has 1 atom stereocenters. The van der Waals surface area contributed by atoms with E-state index in [1.165, 1.54) is 0 Å². The van der Waals surface area contributed by atoms with E-state index in [2.05, 4.69) is 33.5 Å². The second-order valence-electron chi connectivity index (χ2n) is 5.28. The normalized spacial score (nSPS) is 11.5. The van der Waals surface area contributed by atoms with Gasteiger partial charge in [0.15, 0.2) is 5.11 Å². The monoisotopic (exact) mass is 406 g/mol. The second kappa shape index (κ2) is 8.80. The molecule has 2 rings (SSSR count). The Balaban J connectivity index is 1.90. The first kappa shape index (κ1) is 18.4. The molecule has 2 aromatic rings. The highest BCUT2D eigenvalue weighted by Crippen LogP contribution is 2.17. The third kappa shape index (κ3) is 5.62. The zero-order valence-electron chi connectivity index (χ0n) is 13.5. The fourth-order valence-electron chi connectivity index (χ4n) is 1.87. The molecule has 0 saturated heterocycles. The summed E-state index contributed by atoms with van der Waals surface area (Å²) < 4.78 is 6.64. The van der Waals surface area contributed by atoms with Crippen molar-refractivity contribution in [2.45, 2.75) is 26.4 Å². The van der Waals surface area contributed by atoms with Crippen LogP contribution in [0.5, 0.6) is 5.75 Å². The molecule has 0 bridgehead atoms.